The average Bonchev–Trinajstić information content (AvgIpc) is 2.16. The van der Waals surface area contributed by atoms with Crippen LogP contribution < -0.4 is 9.46 Å². The van der Waals surface area contributed by atoms with Crippen LogP contribution in [0, 0.1) is 0 Å². The van der Waals surface area contributed by atoms with Crippen LogP contribution >= 0.6 is 0 Å². The number of anilines is 1. The second-order valence-corrected chi connectivity index (χ2v) is 5.01. The molecule has 0 atom stereocenters. The van der Waals surface area contributed by atoms with Gasteiger partial charge in [0.25, 0.3) is 0 Å². The summed E-state index contributed by atoms with van der Waals surface area (Å²) in [6.45, 7) is 2.03. The largest absolute Gasteiger partial charge is 0.495 e. The third kappa shape index (κ3) is 3.43. The van der Waals surface area contributed by atoms with E-state index in [2.05, 4.69) is 4.72 Å². The van der Waals surface area contributed by atoms with Crippen molar-refractivity contribution in [2.45, 2.75) is 13.3 Å². The fourth-order valence-electron chi connectivity index (χ4n) is 1.24. The first-order valence-electron chi connectivity index (χ1n) is 4.61. The maximum absolute atomic E-state index is 11.1. The number of hydrogen-bond donors (Lipinski definition) is 1. The summed E-state index contributed by atoms with van der Waals surface area (Å²) < 4.78 is 29.6. The molecule has 1 aromatic carbocycles. The zero-order valence-corrected chi connectivity index (χ0v) is 9.89. The predicted molar refractivity (Wildman–Crippen MR) is 60.8 cm³/mol. The smallest absolute Gasteiger partial charge is 0.229 e. The molecule has 0 heterocycles. The summed E-state index contributed by atoms with van der Waals surface area (Å²) in [7, 11) is -1.74. The highest BCUT2D eigenvalue weighted by Crippen LogP contribution is 2.26. The predicted octanol–water partition coefficient (Wildman–Crippen LogP) is 1.63. The first kappa shape index (κ1) is 11.8. The van der Waals surface area contributed by atoms with Gasteiger partial charge < -0.3 is 4.74 Å². The van der Waals surface area contributed by atoms with E-state index in [4.69, 9.17) is 4.74 Å². The van der Waals surface area contributed by atoms with Crippen molar-refractivity contribution in [3.05, 3.63) is 23.8 Å². The lowest BCUT2D eigenvalue weighted by molar-refractivity contribution is 0.416. The number of benzene rings is 1. The van der Waals surface area contributed by atoms with Crippen LogP contribution in [-0.2, 0) is 16.4 Å². The molecular weight excluding hydrogens is 214 g/mol. The Bertz CT molecular complexity index is 440. The molecule has 0 saturated carbocycles. The van der Waals surface area contributed by atoms with Crippen LogP contribution in [0.3, 0.4) is 0 Å². The standard InChI is InChI=1S/C10H15NO3S/c1-4-8-5-6-9(10(7-8)14-2)11-15(3,12)13/h5-7,11H,4H2,1-3H3. The van der Waals surface area contributed by atoms with Crippen LogP contribution in [0.5, 0.6) is 5.75 Å². The highest BCUT2D eigenvalue weighted by molar-refractivity contribution is 7.92. The Morgan fingerprint density at radius 1 is 1.40 bits per heavy atom. The Balaban J connectivity index is 3.08. The Morgan fingerprint density at radius 3 is 2.53 bits per heavy atom. The Labute approximate surface area is 90.3 Å². The van der Waals surface area contributed by atoms with Crippen molar-refractivity contribution in [1.29, 1.82) is 0 Å². The molecule has 0 radical (unpaired) electrons. The van der Waals surface area contributed by atoms with Gasteiger partial charge in [0.15, 0.2) is 0 Å². The minimum absolute atomic E-state index is 0.470. The van der Waals surface area contributed by atoms with Gasteiger partial charge in [-0.2, -0.15) is 0 Å². The van der Waals surface area contributed by atoms with Crippen LogP contribution in [0.1, 0.15) is 12.5 Å². The van der Waals surface area contributed by atoms with Crippen LogP contribution in [0.15, 0.2) is 18.2 Å². The lowest BCUT2D eigenvalue weighted by Gasteiger charge is -2.10. The fourth-order valence-corrected chi connectivity index (χ4v) is 1.81. The number of rotatable bonds is 4. The summed E-state index contributed by atoms with van der Waals surface area (Å²) in [6.07, 6.45) is 2.00. The summed E-state index contributed by atoms with van der Waals surface area (Å²) in [5.74, 6) is 0.541. The topological polar surface area (TPSA) is 55.4 Å². The van der Waals surface area contributed by atoms with Gasteiger partial charge in [-0.05, 0) is 24.1 Å². The zero-order valence-electron chi connectivity index (χ0n) is 9.07. The van der Waals surface area contributed by atoms with Crippen molar-refractivity contribution in [3.8, 4) is 5.75 Å². The first-order valence-corrected chi connectivity index (χ1v) is 6.50. The van der Waals surface area contributed by atoms with Gasteiger partial charge in [-0.1, -0.05) is 13.0 Å². The number of sulfonamides is 1. The lowest BCUT2D eigenvalue weighted by Crippen LogP contribution is -2.10. The third-order valence-corrected chi connectivity index (χ3v) is 2.56. The quantitative estimate of drug-likeness (QED) is 0.853. The molecule has 15 heavy (non-hydrogen) atoms. The maximum atomic E-state index is 11.1. The van der Waals surface area contributed by atoms with Gasteiger partial charge in [0.2, 0.25) is 10.0 Å². The molecule has 0 spiro atoms. The Kier molecular flexibility index (Phi) is 3.57. The number of methoxy groups -OCH3 is 1. The summed E-state index contributed by atoms with van der Waals surface area (Å²) in [6, 6.07) is 5.41. The molecule has 0 bridgehead atoms. The van der Waals surface area contributed by atoms with Crippen LogP contribution in [0.4, 0.5) is 5.69 Å². The van der Waals surface area contributed by atoms with E-state index in [-0.39, 0.29) is 0 Å². The molecule has 5 heteroatoms. The van der Waals surface area contributed by atoms with E-state index in [1.165, 1.54) is 7.11 Å². The molecule has 0 aliphatic heterocycles. The Morgan fingerprint density at radius 2 is 2.07 bits per heavy atom. The van der Waals surface area contributed by atoms with E-state index in [0.717, 1.165) is 18.2 Å². The van der Waals surface area contributed by atoms with E-state index in [1.807, 2.05) is 19.1 Å². The summed E-state index contributed by atoms with van der Waals surface area (Å²) in [5.41, 5.74) is 1.57. The van der Waals surface area contributed by atoms with Gasteiger partial charge in [-0.3, -0.25) is 4.72 Å². The van der Waals surface area contributed by atoms with Crippen molar-refractivity contribution in [2.24, 2.45) is 0 Å². The molecule has 0 aliphatic rings. The highest BCUT2D eigenvalue weighted by Gasteiger charge is 2.08. The number of hydrogen-bond acceptors (Lipinski definition) is 3. The van der Waals surface area contributed by atoms with Gasteiger partial charge in [-0.25, -0.2) is 8.42 Å². The molecule has 0 amide bonds. The third-order valence-electron chi connectivity index (χ3n) is 1.97. The van der Waals surface area contributed by atoms with Crippen molar-refractivity contribution >= 4 is 15.7 Å². The van der Waals surface area contributed by atoms with E-state index in [9.17, 15) is 8.42 Å². The molecule has 0 saturated heterocycles. The molecule has 4 nitrogen and oxygen atoms in total. The van der Waals surface area contributed by atoms with Crippen molar-refractivity contribution in [1.82, 2.24) is 0 Å². The van der Waals surface area contributed by atoms with Gasteiger partial charge in [0, 0.05) is 0 Å². The minimum Gasteiger partial charge on any atom is -0.495 e. The van der Waals surface area contributed by atoms with Crippen LogP contribution in [-0.4, -0.2) is 21.8 Å². The lowest BCUT2D eigenvalue weighted by atomic mass is 10.1. The number of ether oxygens (including phenoxy) is 1. The monoisotopic (exact) mass is 229 g/mol. The molecule has 0 aliphatic carbocycles. The van der Waals surface area contributed by atoms with Crippen LogP contribution in [0.25, 0.3) is 0 Å². The molecule has 1 rings (SSSR count). The van der Waals surface area contributed by atoms with Gasteiger partial charge >= 0.3 is 0 Å². The maximum Gasteiger partial charge on any atom is 0.229 e. The zero-order chi connectivity index (χ0) is 11.5. The molecule has 1 aromatic rings. The van der Waals surface area contributed by atoms with Crippen LogP contribution in [0.2, 0.25) is 0 Å². The summed E-state index contributed by atoms with van der Waals surface area (Å²) in [4.78, 5) is 0. The molecule has 0 fully saturated rings. The summed E-state index contributed by atoms with van der Waals surface area (Å²) >= 11 is 0. The summed E-state index contributed by atoms with van der Waals surface area (Å²) in [5, 5.41) is 0. The second kappa shape index (κ2) is 4.53. The van der Waals surface area contributed by atoms with E-state index < -0.39 is 10.0 Å². The van der Waals surface area contributed by atoms with Gasteiger partial charge in [0.1, 0.15) is 5.75 Å². The molecular formula is C10H15NO3S. The fraction of sp³-hybridized carbons (Fsp3) is 0.400. The van der Waals surface area contributed by atoms with Gasteiger partial charge in [0.05, 0.1) is 19.1 Å². The Hall–Kier alpha value is -1.23. The average molecular weight is 229 g/mol. The SMILES string of the molecule is CCc1ccc(NS(C)(=O)=O)c(OC)c1. The van der Waals surface area contributed by atoms with Crippen molar-refractivity contribution in [2.75, 3.05) is 18.1 Å². The second-order valence-electron chi connectivity index (χ2n) is 3.26. The first-order chi connectivity index (χ1) is 6.96. The normalized spacial score (nSPS) is 11.1. The molecule has 0 unspecified atom stereocenters. The molecule has 1 N–H and O–H groups in total. The van der Waals surface area contributed by atoms with Crippen molar-refractivity contribution < 1.29 is 13.2 Å². The highest BCUT2D eigenvalue weighted by atomic mass is 32.2. The molecule has 0 aromatic heterocycles. The molecule has 84 valence electrons. The van der Waals surface area contributed by atoms with Crippen molar-refractivity contribution in [3.63, 3.8) is 0 Å². The number of nitrogens with one attached hydrogen (secondary N) is 1. The minimum atomic E-state index is -3.26. The van der Waals surface area contributed by atoms with E-state index in [0.29, 0.717) is 11.4 Å². The van der Waals surface area contributed by atoms with E-state index in [1.54, 1.807) is 6.07 Å². The van der Waals surface area contributed by atoms with E-state index >= 15 is 0 Å². The number of aryl methyl sites for hydroxylation is 1. The van der Waals surface area contributed by atoms with Gasteiger partial charge in [-0.15, -0.1) is 0 Å².